The SMILES string of the molecule is CC1CN(CC(CN)C(F)(F)F)CCN1C. The lowest BCUT2D eigenvalue weighted by molar-refractivity contribution is -0.177. The Hall–Kier alpha value is -0.330. The quantitative estimate of drug-likeness (QED) is 0.789. The first-order valence-corrected chi connectivity index (χ1v) is 5.54. The number of alkyl halides is 3. The van der Waals surface area contributed by atoms with Crippen molar-refractivity contribution in [1.82, 2.24) is 9.80 Å². The third-order valence-electron chi connectivity index (χ3n) is 3.27. The summed E-state index contributed by atoms with van der Waals surface area (Å²) in [5, 5.41) is 0. The maximum absolute atomic E-state index is 12.5. The number of nitrogens with zero attached hydrogens (tertiary/aromatic N) is 2. The van der Waals surface area contributed by atoms with Gasteiger partial charge in [-0.1, -0.05) is 0 Å². The van der Waals surface area contributed by atoms with E-state index in [-0.39, 0.29) is 13.1 Å². The summed E-state index contributed by atoms with van der Waals surface area (Å²) in [4.78, 5) is 4.01. The Kier molecular flexibility index (Phi) is 4.58. The second kappa shape index (κ2) is 5.33. The van der Waals surface area contributed by atoms with Gasteiger partial charge in [0.15, 0.2) is 0 Å². The summed E-state index contributed by atoms with van der Waals surface area (Å²) in [5.74, 6) is -1.40. The first-order valence-electron chi connectivity index (χ1n) is 5.54. The number of hydrogen-bond acceptors (Lipinski definition) is 3. The largest absolute Gasteiger partial charge is 0.394 e. The Labute approximate surface area is 94.4 Å². The highest BCUT2D eigenvalue weighted by Crippen LogP contribution is 2.26. The van der Waals surface area contributed by atoms with Crippen molar-refractivity contribution in [2.75, 3.05) is 39.8 Å². The fourth-order valence-corrected chi connectivity index (χ4v) is 1.91. The number of nitrogens with two attached hydrogens (primary N) is 1. The highest BCUT2D eigenvalue weighted by Gasteiger charge is 2.40. The molecule has 0 spiro atoms. The van der Waals surface area contributed by atoms with Crippen LogP contribution in [-0.4, -0.2) is 61.8 Å². The summed E-state index contributed by atoms with van der Waals surface area (Å²) in [6, 6.07) is 0.306. The van der Waals surface area contributed by atoms with Gasteiger partial charge in [0.2, 0.25) is 0 Å². The van der Waals surface area contributed by atoms with Gasteiger partial charge in [0, 0.05) is 38.8 Å². The van der Waals surface area contributed by atoms with E-state index in [2.05, 4.69) is 4.90 Å². The van der Waals surface area contributed by atoms with Crippen molar-refractivity contribution in [1.29, 1.82) is 0 Å². The molecule has 2 N–H and O–H groups in total. The second-order valence-electron chi connectivity index (χ2n) is 4.56. The lowest BCUT2D eigenvalue weighted by atomic mass is 10.1. The van der Waals surface area contributed by atoms with Crippen molar-refractivity contribution in [2.45, 2.75) is 19.1 Å². The molecule has 3 nitrogen and oxygen atoms in total. The van der Waals surface area contributed by atoms with Crippen LogP contribution in [0.15, 0.2) is 0 Å². The van der Waals surface area contributed by atoms with Crippen LogP contribution in [0, 0.1) is 5.92 Å². The number of rotatable bonds is 3. The average Bonchev–Trinajstić information content (AvgIpc) is 2.18. The Morgan fingerprint density at radius 3 is 2.44 bits per heavy atom. The smallest absolute Gasteiger partial charge is 0.330 e. The highest BCUT2D eigenvalue weighted by molar-refractivity contribution is 4.80. The van der Waals surface area contributed by atoms with E-state index in [9.17, 15) is 13.2 Å². The summed E-state index contributed by atoms with van der Waals surface area (Å²) >= 11 is 0. The van der Waals surface area contributed by atoms with Crippen molar-refractivity contribution < 1.29 is 13.2 Å². The minimum atomic E-state index is -4.18. The number of halogens is 3. The fraction of sp³-hybridized carbons (Fsp3) is 1.00. The van der Waals surface area contributed by atoms with Gasteiger partial charge in [-0.05, 0) is 14.0 Å². The molecule has 0 radical (unpaired) electrons. The molecule has 1 aliphatic heterocycles. The van der Waals surface area contributed by atoms with Crippen molar-refractivity contribution in [3.05, 3.63) is 0 Å². The van der Waals surface area contributed by atoms with E-state index >= 15 is 0 Å². The molecule has 2 atom stereocenters. The van der Waals surface area contributed by atoms with E-state index in [1.165, 1.54) is 0 Å². The van der Waals surface area contributed by atoms with Crippen molar-refractivity contribution in [3.8, 4) is 0 Å². The molecule has 1 heterocycles. The molecule has 0 aromatic carbocycles. The summed E-state index contributed by atoms with van der Waals surface area (Å²) in [6.07, 6.45) is -4.18. The van der Waals surface area contributed by atoms with Crippen LogP contribution < -0.4 is 5.73 Å². The molecule has 0 amide bonds. The Balaban J connectivity index is 2.47. The lowest BCUT2D eigenvalue weighted by Gasteiger charge is -2.39. The third-order valence-corrected chi connectivity index (χ3v) is 3.27. The van der Waals surface area contributed by atoms with Crippen LogP contribution in [0.2, 0.25) is 0 Å². The predicted molar refractivity (Wildman–Crippen MR) is 57.1 cm³/mol. The molecule has 1 aliphatic rings. The zero-order chi connectivity index (χ0) is 12.3. The van der Waals surface area contributed by atoms with E-state index in [1.807, 2.05) is 18.9 Å². The third kappa shape index (κ3) is 3.61. The van der Waals surface area contributed by atoms with E-state index in [0.717, 1.165) is 6.54 Å². The number of likely N-dealkylation sites (N-methyl/N-ethyl adjacent to an activating group) is 1. The molecule has 0 saturated carbocycles. The maximum Gasteiger partial charge on any atom is 0.394 e. The minimum absolute atomic E-state index is 0.0260. The normalized spacial score (nSPS) is 27.0. The molecule has 96 valence electrons. The summed E-state index contributed by atoms with van der Waals surface area (Å²) in [6.45, 7) is 3.91. The average molecular weight is 239 g/mol. The zero-order valence-electron chi connectivity index (χ0n) is 9.80. The monoisotopic (exact) mass is 239 g/mol. The van der Waals surface area contributed by atoms with Gasteiger partial charge in [0.1, 0.15) is 0 Å². The van der Waals surface area contributed by atoms with Gasteiger partial charge >= 0.3 is 6.18 Å². The molecule has 6 heteroatoms. The van der Waals surface area contributed by atoms with Crippen LogP contribution in [0.1, 0.15) is 6.92 Å². The van der Waals surface area contributed by atoms with Crippen LogP contribution in [0.5, 0.6) is 0 Å². The number of piperazine rings is 1. The molecular formula is C10H20F3N3. The molecule has 0 aromatic heterocycles. The molecule has 1 saturated heterocycles. The molecule has 0 aliphatic carbocycles. The summed E-state index contributed by atoms with van der Waals surface area (Å²) < 4.78 is 37.6. The summed E-state index contributed by atoms with van der Waals surface area (Å²) in [7, 11) is 1.99. The van der Waals surface area contributed by atoms with Gasteiger partial charge in [-0.15, -0.1) is 0 Å². The molecule has 1 fully saturated rings. The van der Waals surface area contributed by atoms with E-state index in [0.29, 0.717) is 19.1 Å². The Morgan fingerprint density at radius 2 is 2.00 bits per heavy atom. The topological polar surface area (TPSA) is 32.5 Å². The van der Waals surface area contributed by atoms with Crippen molar-refractivity contribution >= 4 is 0 Å². The Morgan fingerprint density at radius 1 is 1.38 bits per heavy atom. The standard InChI is InChI=1S/C10H20F3N3/c1-8-6-16(4-3-15(8)2)7-9(5-14)10(11,12)13/h8-9H,3-7,14H2,1-2H3. The molecule has 2 unspecified atom stereocenters. The van der Waals surface area contributed by atoms with Crippen LogP contribution in [-0.2, 0) is 0 Å². The molecule has 1 rings (SSSR count). The molecule has 0 bridgehead atoms. The van der Waals surface area contributed by atoms with E-state index in [4.69, 9.17) is 5.73 Å². The minimum Gasteiger partial charge on any atom is -0.330 e. The van der Waals surface area contributed by atoms with Crippen molar-refractivity contribution in [3.63, 3.8) is 0 Å². The first kappa shape index (κ1) is 13.7. The zero-order valence-corrected chi connectivity index (χ0v) is 9.80. The van der Waals surface area contributed by atoms with Crippen LogP contribution in [0.4, 0.5) is 13.2 Å². The molecular weight excluding hydrogens is 219 g/mol. The van der Waals surface area contributed by atoms with Gasteiger partial charge < -0.3 is 10.6 Å². The van der Waals surface area contributed by atoms with Gasteiger partial charge in [-0.25, -0.2) is 0 Å². The van der Waals surface area contributed by atoms with Crippen LogP contribution >= 0.6 is 0 Å². The molecule has 16 heavy (non-hydrogen) atoms. The Bertz CT molecular complexity index is 220. The van der Waals surface area contributed by atoms with Gasteiger partial charge in [-0.3, -0.25) is 4.90 Å². The van der Waals surface area contributed by atoms with Crippen LogP contribution in [0.25, 0.3) is 0 Å². The van der Waals surface area contributed by atoms with Gasteiger partial charge in [-0.2, -0.15) is 13.2 Å². The number of hydrogen-bond donors (Lipinski definition) is 1. The fourth-order valence-electron chi connectivity index (χ4n) is 1.91. The first-order chi connectivity index (χ1) is 7.34. The maximum atomic E-state index is 12.5. The lowest BCUT2D eigenvalue weighted by Crippen LogP contribution is -2.53. The molecule has 0 aromatic rings. The second-order valence-corrected chi connectivity index (χ2v) is 4.56. The van der Waals surface area contributed by atoms with Crippen LogP contribution in [0.3, 0.4) is 0 Å². The van der Waals surface area contributed by atoms with Gasteiger partial charge in [0.25, 0.3) is 0 Å². The van der Waals surface area contributed by atoms with E-state index in [1.54, 1.807) is 0 Å². The van der Waals surface area contributed by atoms with Gasteiger partial charge in [0.05, 0.1) is 5.92 Å². The van der Waals surface area contributed by atoms with E-state index < -0.39 is 12.1 Å². The van der Waals surface area contributed by atoms with Crippen molar-refractivity contribution in [2.24, 2.45) is 11.7 Å². The highest BCUT2D eigenvalue weighted by atomic mass is 19.4. The predicted octanol–water partition coefficient (Wildman–Crippen LogP) is 0.760. The summed E-state index contributed by atoms with van der Waals surface area (Å²) in [5.41, 5.74) is 5.18.